The first-order chi connectivity index (χ1) is 16.2. The highest BCUT2D eigenvalue weighted by atomic mass is 35.5. The molecule has 4 rings (SSSR count). The molecular weight excluding hydrogens is 496 g/mol. The van der Waals surface area contributed by atoms with Crippen LogP contribution < -0.4 is 19.1 Å². The molecule has 34 heavy (non-hydrogen) atoms. The number of amides is 1. The minimum absolute atomic E-state index is 0.0121. The molecule has 1 aliphatic carbocycles. The van der Waals surface area contributed by atoms with Crippen LogP contribution in [0.4, 0.5) is 23.2 Å². The van der Waals surface area contributed by atoms with Gasteiger partial charge in [-0.3, -0.25) is 9.52 Å². The molecule has 1 amide bonds. The maximum Gasteiger partial charge on any atom is 0.573 e. The number of anilines is 1. The number of alkyl halides is 3. The summed E-state index contributed by atoms with van der Waals surface area (Å²) in [7, 11) is 0. The molecule has 0 radical (unpaired) electrons. The first-order valence-corrected chi connectivity index (χ1v) is 12.4. The lowest BCUT2D eigenvalue weighted by Crippen LogP contribution is -2.34. The monoisotopic (exact) mass is 518 g/mol. The van der Waals surface area contributed by atoms with Gasteiger partial charge in [-0.25, -0.2) is 4.39 Å². The summed E-state index contributed by atoms with van der Waals surface area (Å²) in [5, 5.41) is -0.140. The summed E-state index contributed by atoms with van der Waals surface area (Å²) in [5.41, 5.74) is 1.46. The zero-order valence-corrected chi connectivity index (χ0v) is 19.8. The molecule has 1 N–H and O–H groups in total. The Hall–Kier alpha value is -2.33. The Morgan fingerprint density at radius 1 is 1.21 bits per heavy atom. The highest BCUT2D eigenvalue weighted by Gasteiger charge is 2.33. The van der Waals surface area contributed by atoms with E-state index in [4.69, 9.17) is 16.3 Å². The van der Waals surface area contributed by atoms with Gasteiger partial charge in [0.25, 0.3) is 5.91 Å². The van der Waals surface area contributed by atoms with Crippen molar-refractivity contribution in [2.75, 3.05) is 24.3 Å². The summed E-state index contributed by atoms with van der Waals surface area (Å²) in [6, 6.07) is 6.93. The van der Waals surface area contributed by atoms with E-state index in [1.54, 1.807) is 12.3 Å². The molecule has 0 aromatic heterocycles. The van der Waals surface area contributed by atoms with Crippen molar-refractivity contribution >= 4 is 35.1 Å². The Labute approximate surface area is 203 Å². The Balaban J connectivity index is 1.49. The van der Waals surface area contributed by atoms with Crippen molar-refractivity contribution in [2.45, 2.75) is 44.0 Å². The first kappa shape index (κ1) is 24.8. The Morgan fingerprint density at radius 3 is 2.62 bits per heavy atom. The number of rotatable bonds is 8. The molecule has 5 nitrogen and oxygen atoms in total. The number of ether oxygens (including phenoxy) is 2. The third-order valence-corrected chi connectivity index (χ3v) is 6.52. The second-order valence-electron chi connectivity index (χ2n) is 8.24. The van der Waals surface area contributed by atoms with E-state index < -0.39 is 23.8 Å². The molecule has 1 saturated carbocycles. The molecule has 1 aliphatic heterocycles. The van der Waals surface area contributed by atoms with E-state index in [1.807, 2.05) is 4.90 Å². The van der Waals surface area contributed by atoms with E-state index in [2.05, 4.69) is 9.46 Å². The lowest BCUT2D eigenvalue weighted by Gasteiger charge is -2.28. The van der Waals surface area contributed by atoms with Gasteiger partial charge in [-0.15, -0.1) is 13.2 Å². The quantitative estimate of drug-likeness (QED) is 0.328. The van der Waals surface area contributed by atoms with E-state index in [-0.39, 0.29) is 29.2 Å². The second kappa shape index (κ2) is 10.1. The van der Waals surface area contributed by atoms with E-state index in [0.29, 0.717) is 18.0 Å². The van der Waals surface area contributed by atoms with Gasteiger partial charge >= 0.3 is 6.36 Å². The molecule has 1 atom stereocenters. The third kappa shape index (κ3) is 5.83. The predicted octanol–water partition coefficient (Wildman–Crippen LogP) is 6.31. The number of nitrogens with one attached hydrogen (secondary N) is 1. The molecule has 2 fully saturated rings. The normalized spacial score (nSPS) is 18.2. The SMILES string of the molecule is CSNC(=O)c1cc(C2CC2)c(OCC2CCCN2c2ccc(OC(F)(F)F)c(Cl)c2)cc1F. The van der Waals surface area contributed by atoms with Gasteiger partial charge in [-0.1, -0.05) is 23.5 Å². The van der Waals surface area contributed by atoms with Gasteiger partial charge in [0.15, 0.2) is 0 Å². The highest BCUT2D eigenvalue weighted by Crippen LogP contribution is 2.45. The number of carbonyl (C=O) groups excluding carboxylic acids is 1. The van der Waals surface area contributed by atoms with Crippen LogP contribution in [0.25, 0.3) is 0 Å². The number of nitrogens with zero attached hydrogens (tertiary/aromatic N) is 1. The summed E-state index contributed by atoms with van der Waals surface area (Å²) in [6.45, 7) is 0.940. The summed E-state index contributed by atoms with van der Waals surface area (Å²) in [4.78, 5) is 14.2. The first-order valence-electron chi connectivity index (χ1n) is 10.8. The summed E-state index contributed by atoms with van der Waals surface area (Å²) >= 11 is 7.12. The number of carbonyl (C=O) groups is 1. The molecule has 0 spiro atoms. The van der Waals surface area contributed by atoms with Crippen molar-refractivity contribution in [2.24, 2.45) is 0 Å². The summed E-state index contributed by atoms with van der Waals surface area (Å²) in [6.07, 6.45) is 0.428. The number of hydrogen-bond acceptors (Lipinski definition) is 5. The Bertz CT molecular complexity index is 1070. The van der Waals surface area contributed by atoms with Gasteiger partial charge in [0.2, 0.25) is 0 Å². The zero-order valence-electron chi connectivity index (χ0n) is 18.3. The average molecular weight is 519 g/mol. The van der Waals surface area contributed by atoms with Crippen LogP contribution in [-0.4, -0.2) is 37.7 Å². The fourth-order valence-corrected chi connectivity index (χ4v) is 4.65. The highest BCUT2D eigenvalue weighted by molar-refractivity contribution is 7.97. The van der Waals surface area contributed by atoms with Crippen LogP contribution >= 0.6 is 23.5 Å². The molecule has 1 saturated heterocycles. The van der Waals surface area contributed by atoms with Crippen molar-refractivity contribution in [3.05, 3.63) is 52.3 Å². The molecule has 2 aromatic rings. The maximum atomic E-state index is 14.7. The fraction of sp³-hybridized carbons (Fsp3) is 0.435. The average Bonchev–Trinajstić information content (AvgIpc) is 3.50. The minimum atomic E-state index is -4.82. The number of halogens is 5. The van der Waals surface area contributed by atoms with Crippen LogP contribution in [0.2, 0.25) is 5.02 Å². The van der Waals surface area contributed by atoms with Crippen LogP contribution in [0.15, 0.2) is 30.3 Å². The maximum absolute atomic E-state index is 14.7. The van der Waals surface area contributed by atoms with Crippen LogP contribution in [0.1, 0.15) is 47.5 Å². The molecule has 2 aliphatic rings. The van der Waals surface area contributed by atoms with E-state index >= 15 is 0 Å². The molecule has 11 heteroatoms. The lowest BCUT2D eigenvalue weighted by atomic mass is 10.0. The summed E-state index contributed by atoms with van der Waals surface area (Å²) in [5.74, 6) is -0.952. The van der Waals surface area contributed by atoms with Gasteiger partial charge in [-0.2, -0.15) is 0 Å². The van der Waals surface area contributed by atoms with Crippen molar-refractivity contribution in [3.8, 4) is 11.5 Å². The van der Waals surface area contributed by atoms with Gasteiger partial charge in [0.1, 0.15) is 23.9 Å². The van der Waals surface area contributed by atoms with Crippen LogP contribution in [0, 0.1) is 5.82 Å². The predicted molar refractivity (Wildman–Crippen MR) is 123 cm³/mol. The number of hydrogen-bond donors (Lipinski definition) is 1. The minimum Gasteiger partial charge on any atom is -0.491 e. The molecule has 184 valence electrons. The van der Waals surface area contributed by atoms with Gasteiger partial charge < -0.3 is 14.4 Å². The Morgan fingerprint density at radius 2 is 1.97 bits per heavy atom. The zero-order chi connectivity index (χ0) is 24.5. The topological polar surface area (TPSA) is 50.8 Å². The van der Waals surface area contributed by atoms with Crippen molar-refractivity contribution < 1.29 is 31.8 Å². The smallest absolute Gasteiger partial charge is 0.491 e. The Kier molecular flexibility index (Phi) is 7.37. The van der Waals surface area contributed by atoms with Crippen LogP contribution in [0.3, 0.4) is 0 Å². The van der Waals surface area contributed by atoms with E-state index in [1.165, 1.54) is 24.3 Å². The van der Waals surface area contributed by atoms with Gasteiger partial charge in [-0.05, 0) is 61.4 Å². The molecule has 2 aromatic carbocycles. The van der Waals surface area contributed by atoms with Crippen LogP contribution in [-0.2, 0) is 0 Å². The molecular formula is C23H23ClF4N2O3S. The van der Waals surface area contributed by atoms with E-state index in [0.717, 1.165) is 43.2 Å². The van der Waals surface area contributed by atoms with Gasteiger partial charge in [0.05, 0.1) is 16.6 Å². The fourth-order valence-electron chi connectivity index (χ4n) is 4.14. The standard InChI is InChI=1S/C23H23ClF4N2O3S/c1-34-29-22(31)17-10-16(13-4-5-13)21(11-19(17)25)32-12-15-3-2-8-30(15)14-6-7-20(18(24)9-14)33-23(26,27)28/h6-7,9-11,13,15H,2-5,8,12H2,1H3,(H,29,31). The van der Waals surface area contributed by atoms with Crippen molar-refractivity contribution in [1.82, 2.24) is 4.72 Å². The summed E-state index contributed by atoms with van der Waals surface area (Å²) < 4.78 is 64.7. The number of benzene rings is 2. The molecule has 1 unspecified atom stereocenters. The largest absolute Gasteiger partial charge is 0.573 e. The second-order valence-corrected chi connectivity index (χ2v) is 9.26. The lowest BCUT2D eigenvalue weighted by molar-refractivity contribution is -0.274. The molecule has 1 heterocycles. The van der Waals surface area contributed by atoms with Crippen molar-refractivity contribution in [1.29, 1.82) is 0 Å². The van der Waals surface area contributed by atoms with Gasteiger partial charge in [0, 0.05) is 24.6 Å². The van der Waals surface area contributed by atoms with Crippen molar-refractivity contribution in [3.63, 3.8) is 0 Å². The third-order valence-electron chi connectivity index (χ3n) is 5.84. The van der Waals surface area contributed by atoms with E-state index in [9.17, 15) is 22.4 Å². The van der Waals surface area contributed by atoms with Crippen LogP contribution in [0.5, 0.6) is 11.5 Å². The molecule has 0 bridgehead atoms.